The summed E-state index contributed by atoms with van der Waals surface area (Å²) in [6.07, 6.45) is 3.81. The Hall–Kier alpha value is -1.02. The number of ether oxygens (including phenoxy) is 1. The van der Waals surface area contributed by atoms with E-state index in [1.165, 1.54) is 11.1 Å². The number of aliphatic hydroxyl groups is 1. The molecule has 2 nitrogen and oxygen atoms in total. The molecule has 0 aliphatic carbocycles. The van der Waals surface area contributed by atoms with E-state index < -0.39 is 0 Å². The first-order valence-electron chi connectivity index (χ1n) is 7.15. The van der Waals surface area contributed by atoms with Gasteiger partial charge in [0, 0.05) is 6.42 Å². The molecule has 0 bridgehead atoms. The van der Waals surface area contributed by atoms with Gasteiger partial charge in [-0.15, -0.1) is 0 Å². The monoisotopic (exact) mass is 264 g/mol. The van der Waals surface area contributed by atoms with E-state index in [1.54, 1.807) is 0 Å². The quantitative estimate of drug-likeness (QED) is 0.436. The molecule has 1 N–H and O–H groups in total. The van der Waals surface area contributed by atoms with Gasteiger partial charge in [-0.05, 0) is 58.1 Å². The third-order valence-corrected chi connectivity index (χ3v) is 4.41. The molecule has 1 heterocycles. The third-order valence-electron chi connectivity index (χ3n) is 4.41. The lowest BCUT2D eigenvalue weighted by atomic mass is 9.89. The molecular weight excluding hydrogens is 236 g/mol. The molecule has 0 saturated carbocycles. The summed E-state index contributed by atoms with van der Waals surface area (Å²) in [5, 5.41) is 10.1. The summed E-state index contributed by atoms with van der Waals surface area (Å²) in [7, 11) is 0. The van der Waals surface area contributed by atoms with E-state index in [9.17, 15) is 5.11 Å². The van der Waals surface area contributed by atoms with E-state index in [2.05, 4.69) is 27.4 Å². The average Bonchev–Trinajstić information content (AvgIpc) is 2.38. The van der Waals surface area contributed by atoms with Gasteiger partial charge in [0.15, 0.2) is 0 Å². The van der Waals surface area contributed by atoms with Gasteiger partial charge in [0.25, 0.3) is 0 Å². The van der Waals surface area contributed by atoms with Crippen LogP contribution < -0.4 is 0 Å². The molecule has 0 radical (unpaired) electrons. The van der Waals surface area contributed by atoms with Crippen LogP contribution in [0.2, 0.25) is 0 Å². The molecule has 19 heavy (non-hydrogen) atoms. The highest BCUT2D eigenvalue weighted by molar-refractivity contribution is 5.30. The first kappa shape index (κ1) is 16.0. The summed E-state index contributed by atoms with van der Waals surface area (Å²) in [5.41, 5.74) is 4.43. The summed E-state index contributed by atoms with van der Waals surface area (Å²) in [6, 6.07) is 0. The van der Waals surface area contributed by atoms with Gasteiger partial charge < -0.3 is 9.84 Å². The molecule has 2 heteroatoms. The molecule has 1 atom stereocenters. The predicted octanol–water partition coefficient (Wildman–Crippen LogP) is 5.08. The molecule has 108 valence electrons. The molecule has 0 spiro atoms. The van der Waals surface area contributed by atoms with Crippen LogP contribution in [0.25, 0.3) is 0 Å². The number of allylic oxidation sites excluding steroid dienone is 3. The SMILES string of the molecule is C=C(C)/C(C)=C(/O)C/C(C)=C1/CCC(C)(CC)OC1. The van der Waals surface area contributed by atoms with Crippen LogP contribution in [0.3, 0.4) is 0 Å². The van der Waals surface area contributed by atoms with Crippen LogP contribution in [-0.4, -0.2) is 17.3 Å². The zero-order chi connectivity index (χ0) is 14.6. The lowest BCUT2D eigenvalue weighted by Gasteiger charge is -2.35. The summed E-state index contributed by atoms with van der Waals surface area (Å²) in [6.45, 7) is 14.9. The third kappa shape index (κ3) is 4.24. The number of hydrogen-bond donors (Lipinski definition) is 1. The fourth-order valence-corrected chi connectivity index (χ4v) is 2.19. The van der Waals surface area contributed by atoms with Crippen LogP contribution in [0.5, 0.6) is 0 Å². The molecule has 0 amide bonds. The Morgan fingerprint density at radius 3 is 2.42 bits per heavy atom. The van der Waals surface area contributed by atoms with Crippen LogP contribution >= 0.6 is 0 Å². The minimum absolute atomic E-state index is 0.0370. The van der Waals surface area contributed by atoms with Crippen LogP contribution in [0.15, 0.2) is 34.6 Å². The minimum Gasteiger partial charge on any atom is -0.512 e. The van der Waals surface area contributed by atoms with Gasteiger partial charge >= 0.3 is 0 Å². The van der Waals surface area contributed by atoms with Crippen molar-refractivity contribution in [3.05, 3.63) is 34.6 Å². The van der Waals surface area contributed by atoms with Crippen molar-refractivity contribution in [2.45, 2.75) is 65.9 Å². The Morgan fingerprint density at radius 1 is 1.37 bits per heavy atom. The average molecular weight is 264 g/mol. The van der Waals surface area contributed by atoms with Crippen LogP contribution in [-0.2, 0) is 4.74 Å². The van der Waals surface area contributed by atoms with Crippen molar-refractivity contribution in [1.29, 1.82) is 0 Å². The second-order valence-electron chi connectivity index (χ2n) is 6.00. The first-order valence-corrected chi connectivity index (χ1v) is 7.15. The Labute approximate surface area is 117 Å². The van der Waals surface area contributed by atoms with Crippen molar-refractivity contribution in [1.82, 2.24) is 0 Å². The Bertz CT molecular complexity index is 403. The maximum absolute atomic E-state index is 10.1. The minimum atomic E-state index is 0.0370. The van der Waals surface area contributed by atoms with Gasteiger partial charge in [0.05, 0.1) is 18.0 Å². The largest absolute Gasteiger partial charge is 0.512 e. The van der Waals surface area contributed by atoms with E-state index in [-0.39, 0.29) is 5.60 Å². The summed E-state index contributed by atoms with van der Waals surface area (Å²) >= 11 is 0. The van der Waals surface area contributed by atoms with Crippen LogP contribution in [0.1, 0.15) is 60.3 Å². The molecular formula is C17H28O2. The second kappa shape index (κ2) is 6.42. The molecule has 0 aromatic rings. The predicted molar refractivity (Wildman–Crippen MR) is 81.3 cm³/mol. The second-order valence-corrected chi connectivity index (χ2v) is 6.00. The van der Waals surface area contributed by atoms with Crippen molar-refractivity contribution in [3.63, 3.8) is 0 Å². The molecule has 1 fully saturated rings. The van der Waals surface area contributed by atoms with Crippen LogP contribution in [0.4, 0.5) is 0 Å². The van der Waals surface area contributed by atoms with E-state index in [0.29, 0.717) is 18.8 Å². The molecule has 0 aromatic heterocycles. The Balaban J connectivity index is 2.74. The maximum atomic E-state index is 10.1. The van der Waals surface area contributed by atoms with Crippen molar-refractivity contribution in [2.24, 2.45) is 0 Å². The van der Waals surface area contributed by atoms with Gasteiger partial charge in [0.2, 0.25) is 0 Å². The van der Waals surface area contributed by atoms with E-state index in [0.717, 1.165) is 30.4 Å². The van der Waals surface area contributed by atoms with E-state index in [1.807, 2.05) is 13.8 Å². The smallest absolute Gasteiger partial charge is 0.0994 e. The number of hydrogen-bond acceptors (Lipinski definition) is 2. The Kier molecular flexibility index (Phi) is 5.42. The summed E-state index contributed by atoms with van der Waals surface area (Å²) < 4.78 is 5.96. The zero-order valence-electron chi connectivity index (χ0n) is 13.1. The molecule has 1 rings (SSSR count). The van der Waals surface area contributed by atoms with E-state index in [4.69, 9.17) is 4.74 Å². The maximum Gasteiger partial charge on any atom is 0.0994 e. The summed E-state index contributed by atoms with van der Waals surface area (Å²) in [4.78, 5) is 0. The fourth-order valence-electron chi connectivity index (χ4n) is 2.19. The van der Waals surface area contributed by atoms with E-state index >= 15 is 0 Å². The zero-order valence-corrected chi connectivity index (χ0v) is 13.1. The van der Waals surface area contributed by atoms with Gasteiger partial charge in [0.1, 0.15) is 0 Å². The molecule has 0 aromatic carbocycles. The molecule has 1 aliphatic rings. The molecule has 1 unspecified atom stereocenters. The van der Waals surface area contributed by atoms with Crippen molar-refractivity contribution in [3.8, 4) is 0 Å². The number of rotatable bonds is 4. The van der Waals surface area contributed by atoms with Crippen LogP contribution in [0, 0.1) is 0 Å². The van der Waals surface area contributed by atoms with Gasteiger partial charge in [-0.2, -0.15) is 0 Å². The van der Waals surface area contributed by atoms with Crippen molar-refractivity contribution >= 4 is 0 Å². The standard InChI is InChI=1S/C17H28O2/c1-7-17(6)9-8-15(11-19-17)13(4)10-16(18)14(5)12(2)3/h18H,2,7-11H2,1,3-6H3/b15-13-,16-14+. The van der Waals surface area contributed by atoms with Gasteiger partial charge in [-0.3, -0.25) is 0 Å². The fraction of sp³-hybridized carbons (Fsp3) is 0.647. The molecule has 1 saturated heterocycles. The first-order chi connectivity index (χ1) is 8.79. The van der Waals surface area contributed by atoms with Gasteiger partial charge in [-0.1, -0.05) is 24.6 Å². The Morgan fingerprint density at radius 2 is 2.00 bits per heavy atom. The highest BCUT2D eigenvalue weighted by Crippen LogP contribution is 2.32. The van der Waals surface area contributed by atoms with Crippen molar-refractivity contribution < 1.29 is 9.84 Å². The van der Waals surface area contributed by atoms with Gasteiger partial charge in [-0.25, -0.2) is 0 Å². The van der Waals surface area contributed by atoms with Crippen molar-refractivity contribution in [2.75, 3.05) is 6.61 Å². The number of aliphatic hydroxyl groups excluding tert-OH is 1. The topological polar surface area (TPSA) is 29.5 Å². The lowest BCUT2D eigenvalue weighted by molar-refractivity contribution is -0.0469. The highest BCUT2D eigenvalue weighted by atomic mass is 16.5. The normalized spacial score (nSPS) is 27.8. The lowest BCUT2D eigenvalue weighted by Crippen LogP contribution is -2.33. The molecule has 1 aliphatic heterocycles. The summed E-state index contributed by atoms with van der Waals surface area (Å²) in [5.74, 6) is 0.432. The highest BCUT2D eigenvalue weighted by Gasteiger charge is 2.28.